The second-order valence-electron chi connectivity index (χ2n) is 6.46. The number of carbonyl (C=O) groups is 1. The van der Waals surface area contributed by atoms with Gasteiger partial charge in [0, 0.05) is 19.0 Å². The van der Waals surface area contributed by atoms with Crippen molar-refractivity contribution in [3.8, 4) is 0 Å². The fraction of sp³-hybridized carbons (Fsp3) is 0.667. The first-order valence-corrected chi connectivity index (χ1v) is 9.42. The summed E-state index contributed by atoms with van der Waals surface area (Å²) in [6.45, 7) is 14.4. The van der Waals surface area contributed by atoms with Crippen LogP contribution in [0, 0.1) is 19.8 Å². The smallest absolute Gasteiger partial charge is 0.225 e. The Bertz CT molecular complexity index is 483. The highest BCUT2D eigenvalue weighted by Gasteiger charge is 2.27. The molecule has 1 heterocycles. The van der Waals surface area contributed by atoms with Gasteiger partial charge in [0.1, 0.15) is 0 Å². The highest BCUT2D eigenvalue weighted by molar-refractivity contribution is 5.78. The predicted octanol–water partition coefficient (Wildman–Crippen LogP) is 5.47. The Morgan fingerprint density at radius 2 is 1.65 bits per heavy atom. The quantitative estimate of drug-likeness (QED) is 0.721. The minimum atomic E-state index is 0.225. The lowest BCUT2D eigenvalue weighted by Gasteiger charge is -2.34. The van der Waals surface area contributed by atoms with Crippen LogP contribution in [0.3, 0.4) is 0 Å². The van der Waals surface area contributed by atoms with Crippen LogP contribution in [-0.4, -0.2) is 23.9 Å². The van der Waals surface area contributed by atoms with Gasteiger partial charge in [-0.25, -0.2) is 0 Å². The average Bonchev–Trinajstić information content (AvgIpc) is 2.60. The molecule has 0 radical (unpaired) electrons. The van der Waals surface area contributed by atoms with Crippen molar-refractivity contribution in [2.24, 2.45) is 5.92 Å². The van der Waals surface area contributed by atoms with E-state index in [0.717, 1.165) is 38.8 Å². The zero-order valence-electron chi connectivity index (χ0n) is 16.0. The van der Waals surface area contributed by atoms with Gasteiger partial charge in [0.2, 0.25) is 5.91 Å². The van der Waals surface area contributed by atoms with Gasteiger partial charge >= 0.3 is 0 Å². The molecule has 130 valence electrons. The molecule has 0 N–H and O–H groups in total. The molecule has 1 aliphatic rings. The summed E-state index contributed by atoms with van der Waals surface area (Å²) in [5.74, 6) is 1.22. The molecule has 1 aliphatic heterocycles. The van der Waals surface area contributed by atoms with Gasteiger partial charge in [-0.15, -0.1) is 0 Å². The highest BCUT2D eigenvalue weighted by Crippen LogP contribution is 2.30. The third-order valence-corrected chi connectivity index (χ3v) is 5.14. The molecule has 2 nitrogen and oxygen atoms in total. The summed E-state index contributed by atoms with van der Waals surface area (Å²) in [5.41, 5.74) is 4.19. The maximum atomic E-state index is 12.4. The summed E-state index contributed by atoms with van der Waals surface area (Å²) < 4.78 is 0. The molecule has 0 aliphatic carbocycles. The second-order valence-corrected chi connectivity index (χ2v) is 6.46. The average molecular weight is 318 g/mol. The van der Waals surface area contributed by atoms with E-state index < -0.39 is 0 Å². The summed E-state index contributed by atoms with van der Waals surface area (Å²) in [6.07, 6.45) is 4.14. The van der Waals surface area contributed by atoms with E-state index in [-0.39, 0.29) is 5.92 Å². The fourth-order valence-electron chi connectivity index (χ4n) is 3.35. The number of hydrogen-bond donors (Lipinski definition) is 0. The van der Waals surface area contributed by atoms with Crippen molar-refractivity contribution in [1.29, 1.82) is 0 Å². The summed E-state index contributed by atoms with van der Waals surface area (Å²) in [7, 11) is 0. The first kappa shape index (κ1) is 19.7. The zero-order chi connectivity index (χ0) is 17.4. The lowest BCUT2D eigenvalue weighted by atomic mass is 9.87. The number of likely N-dealkylation sites (tertiary alicyclic amines) is 1. The number of amides is 1. The molecular formula is C21H35NO. The van der Waals surface area contributed by atoms with Crippen LogP contribution in [0.25, 0.3) is 0 Å². The standard InChI is InChI=1S/C19H29NO.C2H6/c1-5-16(6-2)19(21)20-11-9-17(10-12-20)18-8-7-14(3)15(4)13-18;1-2/h7-8,13,16-17H,5-6,9-12H2,1-4H3;1-2H3. The van der Waals surface area contributed by atoms with E-state index in [1.165, 1.54) is 16.7 Å². The van der Waals surface area contributed by atoms with Gasteiger partial charge in [-0.2, -0.15) is 0 Å². The SMILES string of the molecule is CC.CCC(CC)C(=O)N1CCC(c2ccc(C)c(C)c2)CC1. The molecule has 1 saturated heterocycles. The van der Waals surface area contributed by atoms with E-state index in [1.807, 2.05) is 13.8 Å². The molecular weight excluding hydrogens is 282 g/mol. The number of benzene rings is 1. The number of piperidine rings is 1. The Balaban J connectivity index is 0.00000127. The lowest BCUT2D eigenvalue weighted by molar-refractivity contribution is -0.136. The number of hydrogen-bond acceptors (Lipinski definition) is 1. The number of nitrogens with zero attached hydrogens (tertiary/aromatic N) is 1. The van der Waals surface area contributed by atoms with Crippen molar-refractivity contribution >= 4 is 5.91 Å². The molecule has 0 aromatic heterocycles. The minimum Gasteiger partial charge on any atom is -0.342 e. The lowest BCUT2D eigenvalue weighted by Crippen LogP contribution is -2.41. The van der Waals surface area contributed by atoms with Crippen LogP contribution in [0.5, 0.6) is 0 Å². The molecule has 0 spiro atoms. The monoisotopic (exact) mass is 317 g/mol. The fourth-order valence-corrected chi connectivity index (χ4v) is 3.35. The molecule has 23 heavy (non-hydrogen) atoms. The van der Waals surface area contributed by atoms with Crippen LogP contribution in [0.15, 0.2) is 18.2 Å². The Labute approximate surface area is 143 Å². The largest absolute Gasteiger partial charge is 0.342 e. The third kappa shape index (κ3) is 5.09. The van der Waals surface area contributed by atoms with E-state index >= 15 is 0 Å². The van der Waals surface area contributed by atoms with Gasteiger partial charge < -0.3 is 4.90 Å². The zero-order valence-corrected chi connectivity index (χ0v) is 16.0. The summed E-state index contributed by atoms with van der Waals surface area (Å²) >= 11 is 0. The molecule has 1 aromatic rings. The summed E-state index contributed by atoms with van der Waals surface area (Å²) in [4.78, 5) is 14.5. The molecule has 2 heteroatoms. The van der Waals surface area contributed by atoms with E-state index in [9.17, 15) is 4.79 Å². The summed E-state index contributed by atoms with van der Waals surface area (Å²) in [5, 5.41) is 0. The van der Waals surface area contributed by atoms with Gasteiger partial charge in [-0.3, -0.25) is 4.79 Å². The van der Waals surface area contributed by atoms with Crippen LogP contribution in [-0.2, 0) is 4.79 Å². The van der Waals surface area contributed by atoms with E-state index in [0.29, 0.717) is 11.8 Å². The summed E-state index contributed by atoms with van der Waals surface area (Å²) in [6, 6.07) is 6.83. The van der Waals surface area contributed by atoms with Crippen LogP contribution < -0.4 is 0 Å². The normalized spacial score (nSPS) is 15.3. The Morgan fingerprint density at radius 3 is 2.13 bits per heavy atom. The molecule has 0 atom stereocenters. The van der Waals surface area contributed by atoms with Gasteiger partial charge in [0.25, 0.3) is 0 Å². The van der Waals surface area contributed by atoms with Crippen molar-refractivity contribution in [2.75, 3.05) is 13.1 Å². The Morgan fingerprint density at radius 1 is 1.09 bits per heavy atom. The molecule has 1 aromatic carbocycles. The van der Waals surface area contributed by atoms with Crippen molar-refractivity contribution in [2.45, 2.75) is 73.1 Å². The third-order valence-electron chi connectivity index (χ3n) is 5.14. The van der Waals surface area contributed by atoms with Crippen LogP contribution in [0.2, 0.25) is 0 Å². The van der Waals surface area contributed by atoms with Crippen LogP contribution in [0.4, 0.5) is 0 Å². The van der Waals surface area contributed by atoms with Gasteiger partial charge in [0.05, 0.1) is 0 Å². The second kappa shape index (κ2) is 9.75. The molecule has 0 saturated carbocycles. The topological polar surface area (TPSA) is 20.3 Å². The number of rotatable bonds is 4. The molecule has 0 unspecified atom stereocenters. The van der Waals surface area contributed by atoms with Crippen molar-refractivity contribution in [1.82, 2.24) is 4.90 Å². The minimum absolute atomic E-state index is 0.225. The molecule has 1 amide bonds. The van der Waals surface area contributed by atoms with E-state index in [2.05, 4.69) is 50.8 Å². The van der Waals surface area contributed by atoms with Crippen LogP contribution in [0.1, 0.15) is 76.0 Å². The maximum Gasteiger partial charge on any atom is 0.225 e. The first-order chi connectivity index (χ1) is 11.1. The number of carbonyl (C=O) groups excluding carboxylic acids is 1. The molecule has 2 rings (SSSR count). The number of aryl methyl sites for hydroxylation is 2. The van der Waals surface area contributed by atoms with Crippen molar-refractivity contribution in [3.05, 3.63) is 34.9 Å². The van der Waals surface area contributed by atoms with Crippen molar-refractivity contribution < 1.29 is 4.79 Å². The van der Waals surface area contributed by atoms with E-state index in [1.54, 1.807) is 0 Å². The van der Waals surface area contributed by atoms with Gasteiger partial charge in [-0.1, -0.05) is 45.9 Å². The van der Waals surface area contributed by atoms with Crippen LogP contribution >= 0.6 is 0 Å². The first-order valence-electron chi connectivity index (χ1n) is 9.42. The predicted molar refractivity (Wildman–Crippen MR) is 99.9 cm³/mol. The Hall–Kier alpha value is -1.31. The van der Waals surface area contributed by atoms with Crippen molar-refractivity contribution in [3.63, 3.8) is 0 Å². The van der Waals surface area contributed by atoms with Gasteiger partial charge in [0.15, 0.2) is 0 Å². The molecule has 0 bridgehead atoms. The Kier molecular flexibility index (Phi) is 8.36. The van der Waals surface area contributed by atoms with E-state index in [4.69, 9.17) is 0 Å². The maximum absolute atomic E-state index is 12.4. The van der Waals surface area contributed by atoms with Gasteiger partial charge in [-0.05, 0) is 62.1 Å². The molecule has 1 fully saturated rings. The highest BCUT2D eigenvalue weighted by atomic mass is 16.2.